The van der Waals surface area contributed by atoms with Gasteiger partial charge in [0.15, 0.2) is 0 Å². The molecule has 0 unspecified atom stereocenters. The van der Waals surface area contributed by atoms with E-state index in [0.29, 0.717) is 5.56 Å². The van der Waals surface area contributed by atoms with Gasteiger partial charge in [0.1, 0.15) is 0 Å². The second-order valence-electron chi connectivity index (χ2n) is 12.6. The van der Waals surface area contributed by atoms with E-state index in [1.807, 2.05) is 24.3 Å². The normalized spacial score (nSPS) is 10.9. The highest BCUT2D eigenvalue weighted by molar-refractivity contribution is 5.86. The first-order chi connectivity index (χ1) is 25.1. The van der Waals surface area contributed by atoms with Crippen molar-refractivity contribution in [3.05, 3.63) is 210 Å². The molecule has 8 aromatic carbocycles. The molecular formula is C48H33NO2. The number of nitro benzene ring substituents is 1. The fourth-order valence-electron chi connectivity index (χ4n) is 6.72. The van der Waals surface area contributed by atoms with Crippen LogP contribution in [-0.2, 0) is 0 Å². The molecule has 0 fully saturated rings. The first-order valence-corrected chi connectivity index (χ1v) is 17.0. The predicted octanol–water partition coefficient (Wildman–Crippen LogP) is 13.3. The van der Waals surface area contributed by atoms with Crippen LogP contribution in [-0.4, -0.2) is 4.92 Å². The van der Waals surface area contributed by atoms with Crippen LogP contribution in [0.5, 0.6) is 0 Å². The second-order valence-corrected chi connectivity index (χ2v) is 12.6. The highest BCUT2D eigenvalue weighted by Gasteiger charge is 2.17. The Labute approximate surface area is 297 Å². The number of benzene rings is 8. The summed E-state index contributed by atoms with van der Waals surface area (Å²) in [6, 6.07) is 68.3. The fraction of sp³-hybridized carbons (Fsp3) is 0. The Hall–Kier alpha value is -6.84. The van der Waals surface area contributed by atoms with Gasteiger partial charge in [0.05, 0.1) is 10.5 Å². The van der Waals surface area contributed by atoms with E-state index >= 15 is 0 Å². The Bertz CT molecular complexity index is 2320. The summed E-state index contributed by atoms with van der Waals surface area (Å²) in [5, 5.41) is 12.1. The predicted molar refractivity (Wildman–Crippen MR) is 211 cm³/mol. The minimum atomic E-state index is -0.304. The first-order valence-electron chi connectivity index (χ1n) is 17.0. The number of para-hydroxylation sites is 1. The molecule has 8 rings (SSSR count). The van der Waals surface area contributed by atoms with Crippen LogP contribution in [0, 0.1) is 10.1 Å². The summed E-state index contributed by atoms with van der Waals surface area (Å²) in [5.41, 5.74) is 14.7. The van der Waals surface area contributed by atoms with Gasteiger partial charge in [-0.3, -0.25) is 10.1 Å². The van der Waals surface area contributed by atoms with E-state index in [9.17, 15) is 10.1 Å². The second kappa shape index (κ2) is 13.9. The third-order valence-electron chi connectivity index (χ3n) is 9.39. The molecule has 0 aromatic heterocycles. The van der Waals surface area contributed by atoms with E-state index in [0.717, 1.165) is 50.1 Å². The highest BCUT2D eigenvalue weighted by Crippen LogP contribution is 2.38. The minimum absolute atomic E-state index is 0.0834. The molecule has 0 atom stereocenters. The van der Waals surface area contributed by atoms with Crippen molar-refractivity contribution in [2.45, 2.75) is 0 Å². The van der Waals surface area contributed by atoms with Crippen molar-refractivity contribution < 1.29 is 4.92 Å². The fourth-order valence-corrected chi connectivity index (χ4v) is 6.72. The van der Waals surface area contributed by atoms with Crippen molar-refractivity contribution in [2.75, 3.05) is 0 Å². The van der Waals surface area contributed by atoms with Crippen molar-refractivity contribution in [2.24, 2.45) is 0 Å². The van der Waals surface area contributed by atoms with Crippen LogP contribution in [0.15, 0.2) is 200 Å². The third-order valence-corrected chi connectivity index (χ3v) is 9.39. The lowest BCUT2D eigenvalue weighted by Gasteiger charge is -2.14. The molecule has 0 radical (unpaired) electrons. The summed E-state index contributed by atoms with van der Waals surface area (Å²) in [5.74, 6) is 0. The third kappa shape index (κ3) is 6.74. The highest BCUT2D eigenvalue weighted by atomic mass is 16.6. The maximum atomic E-state index is 12.1. The molecular weight excluding hydrogens is 623 g/mol. The number of hydrogen-bond acceptors (Lipinski definition) is 2. The molecule has 3 nitrogen and oxygen atoms in total. The van der Waals surface area contributed by atoms with Crippen molar-refractivity contribution in [1.82, 2.24) is 0 Å². The average Bonchev–Trinajstić information content (AvgIpc) is 3.21. The van der Waals surface area contributed by atoms with Crippen LogP contribution in [0.4, 0.5) is 5.69 Å². The maximum Gasteiger partial charge on any atom is 0.277 e. The minimum Gasteiger partial charge on any atom is -0.258 e. The number of hydrogen-bond donors (Lipinski definition) is 0. The molecule has 0 aliphatic rings. The molecule has 0 heterocycles. The van der Waals surface area contributed by atoms with Crippen LogP contribution < -0.4 is 0 Å². The first kappa shape index (κ1) is 31.4. The molecule has 0 amide bonds. The van der Waals surface area contributed by atoms with Crippen molar-refractivity contribution in [3.63, 3.8) is 0 Å². The monoisotopic (exact) mass is 655 g/mol. The van der Waals surface area contributed by atoms with E-state index in [2.05, 4.69) is 164 Å². The Morgan fingerprint density at radius 1 is 0.275 bits per heavy atom. The van der Waals surface area contributed by atoms with E-state index in [4.69, 9.17) is 0 Å². The van der Waals surface area contributed by atoms with Gasteiger partial charge in [0.25, 0.3) is 5.69 Å². The molecule has 3 heteroatoms. The molecule has 242 valence electrons. The SMILES string of the molecule is O=[N+]([O-])c1ccccc1-c1cc(-c2cccc(-c3ccc(-c4ccccc4)cc3)c2)cc(-c2cccc(-c3ccc(-c4ccccc4)cc3)c2)c1. The number of nitrogens with zero attached hydrogens (tertiary/aromatic N) is 1. The zero-order valence-electron chi connectivity index (χ0n) is 27.8. The summed E-state index contributed by atoms with van der Waals surface area (Å²) in [6.45, 7) is 0. The Morgan fingerprint density at radius 2 is 0.569 bits per heavy atom. The van der Waals surface area contributed by atoms with Crippen LogP contribution in [0.2, 0.25) is 0 Å². The van der Waals surface area contributed by atoms with Crippen LogP contribution in [0.25, 0.3) is 77.9 Å². The standard InChI is InChI=1S/C48H33NO2/c50-49(51)48-20-8-7-19-47(48)46-32-44(42-17-9-15-40(29-42)38-25-21-36(22-26-38)34-11-3-1-4-12-34)31-45(33-46)43-18-10-16-41(30-43)39-27-23-37(24-28-39)35-13-5-2-6-14-35/h1-33H. The number of nitro groups is 1. The Morgan fingerprint density at radius 3 is 1.00 bits per heavy atom. The lowest BCUT2D eigenvalue weighted by atomic mass is 9.90. The molecule has 0 aliphatic heterocycles. The quantitative estimate of drug-likeness (QED) is 0.121. The van der Waals surface area contributed by atoms with Gasteiger partial charge in [-0.2, -0.15) is 0 Å². The van der Waals surface area contributed by atoms with Gasteiger partial charge in [0.2, 0.25) is 0 Å². The molecule has 0 saturated carbocycles. The largest absolute Gasteiger partial charge is 0.277 e. The van der Waals surface area contributed by atoms with Crippen molar-refractivity contribution >= 4 is 5.69 Å². The summed E-state index contributed by atoms with van der Waals surface area (Å²) in [7, 11) is 0. The molecule has 0 saturated heterocycles. The molecule has 0 bridgehead atoms. The van der Waals surface area contributed by atoms with E-state index in [-0.39, 0.29) is 10.6 Å². The van der Waals surface area contributed by atoms with Crippen LogP contribution in [0.3, 0.4) is 0 Å². The molecule has 0 spiro atoms. The van der Waals surface area contributed by atoms with Crippen LogP contribution in [0.1, 0.15) is 0 Å². The smallest absolute Gasteiger partial charge is 0.258 e. The van der Waals surface area contributed by atoms with Crippen molar-refractivity contribution in [3.8, 4) is 77.9 Å². The Balaban J connectivity index is 1.20. The summed E-state index contributed by atoms with van der Waals surface area (Å²) >= 11 is 0. The van der Waals surface area contributed by atoms with E-state index in [1.54, 1.807) is 12.1 Å². The van der Waals surface area contributed by atoms with Crippen molar-refractivity contribution in [1.29, 1.82) is 0 Å². The van der Waals surface area contributed by atoms with Gasteiger partial charge in [-0.05, 0) is 109 Å². The summed E-state index contributed by atoms with van der Waals surface area (Å²) in [4.78, 5) is 11.8. The zero-order valence-corrected chi connectivity index (χ0v) is 27.8. The zero-order chi connectivity index (χ0) is 34.6. The van der Waals surface area contributed by atoms with E-state index < -0.39 is 0 Å². The number of rotatable bonds is 8. The maximum absolute atomic E-state index is 12.1. The summed E-state index contributed by atoms with van der Waals surface area (Å²) < 4.78 is 0. The lowest BCUT2D eigenvalue weighted by Crippen LogP contribution is -1.93. The Kier molecular flexibility index (Phi) is 8.60. The average molecular weight is 656 g/mol. The lowest BCUT2D eigenvalue weighted by molar-refractivity contribution is -0.384. The topological polar surface area (TPSA) is 43.1 Å². The van der Waals surface area contributed by atoms with Gasteiger partial charge < -0.3 is 0 Å². The molecule has 51 heavy (non-hydrogen) atoms. The summed E-state index contributed by atoms with van der Waals surface area (Å²) in [6.07, 6.45) is 0. The molecule has 0 N–H and O–H groups in total. The van der Waals surface area contributed by atoms with Gasteiger partial charge in [-0.25, -0.2) is 0 Å². The van der Waals surface area contributed by atoms with Gasteiger partial charge >= 0.3 is 0 Å². The molecule has 0 aliphatic carbocycles. The molecule has 8 aromatic rings. The van der Waals surface area contributed by atoms with Gasteiger partial charge in [-0.1, -0.05) is 158 Å². The van der Waals surface area contributed by atoms with Gasteiger partial charge in [0, 0.05) is 6.07 Å². The van der Waals surface area contributed by atoms with E-state index in [1.165, 1.54) is 22.3 Å². The van der Waals surface area contributed by atoms with Crippen LogP contribution >= 0.6 is 0 Å². The van der Waals surface area contributed by atoms with Gasteiger partial charge in [-0.15, -0.1) is 0 Å².